The van der Waals surface area contributed by atoms with E-state index >= 15 is 0 Å². The fourth-order valence-electron chi connectivity index (χ4n) is 3.29. The maximum absolute atomic E-state index is 10.8. The third kappa shape index (κ3) is 1.23. The normalized spacial score (nSPS) is 24.4. The summed E-state index contributed by atoms with van der Waals surface area (Å²) < 4.78 is 0. The van der Waals surface area contributed by atoms with E-state index in [4.69, 9.17) is 0 Å². The zero-order valence-electron chi connectivity index (χ0n) is 9.72. The van der Waals surface area contributed by atoms with E-state index in [1.165, 1.54) is 25.3 Å². The summed E-state index contributed by atoms with van der Waals surface area (Å²) >= 11 is 0. The van der Waals surface area contributed by atoms with Crippen molar-refractivity contribution < 1.29 is 9.90 Å². The predicted molar refractivity (Wildman–Crippen MR) is 63.2 cm³/mol. The fourth-order valence-corrected chi connectivity index (χ4v) is 3.29. The van der Waals surface area contributed by atoms with Gasteiger partial charge in [0.1, 0.15) is 0 Å². The van der Waals surface area contributed by atoms with Crippen molar-refractivity contribution in [3.63, 3.8) is 0 Å². The van der Waals surface area contributed by atoms with Gasteiger partial charge in [0.05, 0.1) is 28.4 Å². The van der Waals surface area contributed by atoms with Gasteiger partial charge in [-0.2, -0.15) is 0 Å². The van der Waals surface area contributed by atoms with Crippen LogP contribution in [0, 0.1) is 0 Å². The number of carboxylic acid groups (broad SMARTS) is 1. The second kappa shape index (κ2) is 3.28. The molecule has 2 unspecified atom stereocenters. The van der Waals surface area contributed by atoms with E-state index in [9.17, 15) is 9.90 Å². The van der Waals surface area contributed by atoms with Crippen LogP contribution < -0.4 is 5.11 Å². The van der Waals surface area contributed by atoms with Crippen molar-refractivity contribution in [3.05, 3.63) is 35.2 Å². The Balaban J connectivity index is 1.96. The average molecular weight is 239 g/mol. The van der Waals surface area contributed by atoms with Crippen molar-refractivity contribution in [2.45, 2.75) is 31.1 Å². The summed E-state index contributed by atoms with van der Waals surface area (Å²) in [5.41, 5.74) is 3.85. The van der Waals surface area contributed by atoms with Crippen LogP contribution >= 0.6 is 0 Å². The first-order valence-electron chi connectivity index (χ1n) is 6.25. The summed E-state index contributed by atoms with van der Waals surface area (Å²) in [6.45, 7) is 0. The van der Waals surface area contributed by atoms with Gasteiger partial charge in [0, 0.05) is 11.8 Å². The molecule has 1 heterocycles. The van der Waals surface area contributed by atoms with Gasteiger partial charge in [0.15, 0.2) is 0 Å². The zero-order chi connectivity index (χ0) is 12.3. The number of fused-ring (bicyclic) bond motifs is 6. The number of carbonyl (C=O) groups is 1. The van der Waals surface area contributed by atoms with Crippen LogP contribution in [-0.2, 0) is 0 Å². The Morgan fingerprint density at radius 3 is 2.44 bits per heavy atom. The molecule has 18 heavy (non-hydrogen) atoms. The summed E-state index contributed by atoms with van der Waals surface area (Å²) in [6, 6.07) is 4.82. The smallest absolute Gasteiger partial charge is 0.0897 e. The molecule has 2 aliphatic rings. The van der Waals surface area contributed by atoms with Gasteiger partial charge in [-0.3, -0.25) is 0 Å². The maximum Gasteiger partial charge on any atom is 0.0897 e. The van der Waals surface area contributed by atoms with Crippen molar-refractivity contribution >= 4 is 17.0 Å². The summed E-state index contributed by atoms with van der Waals surface area (Å²) in [4.78, 5) is 20.1. The summed E-state index contributed by atoms with van der Waals surface area (Å²) in [6.07, 6.45) is 3.58. The van der Waals surface area contributed by atoms with Gasteiger partial charge < -0.3 is 9.90 Å². The molecular weight excluding hydrogens is 228 g/mol. The van der Waals surface area contributed by atoms with E-state index in [0.29, 0.717) is 17.4 Å². The number of benzene rings is 1. The molecule has 2 aromatic rings. The molecule has 1 saturated carbocycles. The number of hydrogen-bond acceptors (Lipinski definition) is 4. The van der Waals surface area contributed by atoms with Gasteiger partial charge in [-0.1, -0.05) is 6.07 Å². The number of nitrogens with zero attached hydrogens (tertiary/aromatic N) is 2. The van der Waals surface area contributed by atoms with Crippen LogP contribution in [0.15, 0.2) is 18.2 Å². The minimum atomic E-state index is -1.17. The van der Waals surface area contributed by atoms with Crippen LogP contribution in [0.3, 0.4) is 0 Å². The van der Waals surface area contributed by atoms with E-state index in [1.54, 1.807) is 12.1 Å². The van der Waals surface area contributed by atoms with Crippen LogP contribution in [0.5, 0.6) is 0 Å². The highest BCUT2D eigenvalue weighted by atomic mass is 16.4. The number of hydrogen-bond donors (Lipinski definition) is 0. The Morgan fingerprint density at radius 1 is 1.11 bits per heavy atom. The highest BCUT2D eigenvalue weighted by molar-refractivity contribution is 5.90. The molecule has 2 bridgehead atoms. The third-order valence-electron chi connectivity index (χ3n) is 4.16. The summed E-state index contributed by atoms with van der Waals surface area (Å²) in [7, 11) is 0. The standard InChI is InChI=1S/C14H12N2O2/c17-14(18)9-3-4-10-11(6-9)16-13-8-2-1-7(5-8)12(13)15-10/h3-4,6-8H,1-2,5H2,(H,17,18)/p-1. The second-order valence-electron chi connectivity index (χ2n) is 5.19. The number of aromatic carboxylic acids is 1. The number of carboxylic acids is 1. The number of rotatable bonds is 1. The van der Waals surface area contributed by atoms with Crippen LogP contribution in [0.4, 0.5) is 0 Å². The summed E-state index contributed by atoms with van der Waals surface area (Å²) in [5.74, 6) is -0.0584. The van der Waals surface area contributed by atoms with E-state index < -0.39 is 5.97 Å². The fraction of sp³-hybridized carbons (Fsp3) is 0.357. The van der Waals surface area contributed by atoms with Crippen LogP contribution in [0.1, 0.15) is 52.8 Å². The van der Waals surface area contributed by atoms with Crippen LogP contribution in [0.2, 0.25) is 0 Å². The SMILES string of the molecule is O=C([O-])c1ccc2nc3c(nc2c1)C1CCC3C1. The first-order valence-corrected chi connectivity index (χ1v) is 6.25. The molecule has 2 atom stereocenters. The highest BCUT2D eigenvalue weighted by Gasteiger charge is 2.39. The topological polar surface area (TPSA) is 65.9 Å². The molecule has 0 amide bonds. The predicted octanol–water partition coefficient (Wildman–Crippen LogP) is 1.36. The van der Waals surface area contributed by atoms with Gasteiger partial charge >= 0.3 is 0 Å². The Kier molecular flexibility index (Phi) is 1.82. The van der Waals surface area contributed by atoms with Gasteiger partial charge in [0.25, 0.3) is 0 Å². The lowest BCUT2D eigenvalue weighted by atomic mass is 10.00. The lowest BCUT2D eigenvalue weighted by Gasteiger charge is -2.14. The quantitative estimate of drug-likeness (QED) is 0.753. The van der Waals surface area contributed by atoms with Crippen LogP contribution in [-0.4, -0.2) is 15.9 Å². The molecule has 1 aromatic heterocycles. The van der Waals surface area contributed by atoms with E-state index in [-0.39, 0.29) is 5.56 Å². The minimum Gasteiger partial charge on any atom is -0.545 e. The van der Waals surface area contributed by atoms with Crippen molar-refractivity contribution in [2.24, 2.45) is 0 Å². The molecule has 4 nitrogen and oxygen atoms in total. The molecule has 0 N–H and O–H groups in total. The molecule has 0 aliphatic heterocycles. The van der Waals surface area contributed by atoms with Gasteiger partial charge in [-0.05, 0) is 37.0 Å². The monoisotopic (exact) mass is 239 g/mol. The molecule has 90 valence electrons. The van der Waals surface area contributed by atoms with Crippen molar-refractivity contribution in [1.82, 2.24) is 9.97 Å². The average Bonchev–Trinajstić information content (AvgIpc) is 2.97. The maximum atomic E-state index is 10.8. The van der Waals surface area contributed by atoms with E-state index in [2.05, 4.69) is 9.97 Å². The largest absolute Gasteiger partial charge is 0.545 e. The Hall–Kier alpha value is -1.97. The lowest BCUT2D eigenvalue weighted by Crippen LogP contribution is -2.22. The molecule has 0 spiro atoms. The lowest BCUT2D eigenvalue weighted by molar-refractivity contribution is -0.255. The van der Waals surface area contributed by atoms with Crippen molar-refractivity contribution in [3.8, 4) is 0 Å². The van der Waals surface area contributed by atoms with Crippen molar-refractivity contribution in [1.29, 1.82) is 0 Å². The third-order valence-corrected chi connectivity index (χ3v) is 4.16. The van der Waals surface area contributed by atoms with E-state index in [0.717, 1.165) is 16.9 Å². The molecule has 2 aliphatic carbocycles. The molecular formula is C14H11N2O2-. The summed E-state index contributed by atoms with van der Waals surface area (Å²) in [5, 5.41) is 10.8. The second-order valence-corrected chi connectivity index (χ2v) is 5.19. The first kappa shape index (κ1) is 10.00. The molecule has 4 heteroatoms. The molecule has 0 radical (unpaired) electrons. The van der Waals surface area contributed by atoms with Gasteiger partial charge in [-0.15, -0.1) is 0 Å². The number of carbonyl (C=O) groups excluding carboxylic acids is 1. The van der Waals surface area contributed by atoms with Gasteiger partial charge in [0.2, 0.25) is 0 Å². The molecule has 1 aromatic carbocycles. The highest BCUT2D eigenvalue weighted by Crippen LogP contribution is 2.51. The van der Waals surface area contributed by atoms with Crippen LogP contribution in [0.25, 0.3) is 11.0 Å². The first-order chi connectivity index (χ1) is 8.72. The number of aromatic nitrogens is 2. The van der Waals surface area contributed by atoms with E-state index in [1.807, 2.05) is 0 Å². The molecule has 1 fully saturated rings. The minimum absolute atomic E-state index is 0.167. The van der Waals surface area contributed by atoms with Gasteiger partial charge in [-0.25, -0.2) is 9.97 Å². The Bertz CT molecular complexity index is 681. The van der Waals surface area contributed by atoms with Crippen molar-refractivity contribution in [2.75, 3.05) is 0 Å². The zero-order valence-corrected chi connectivity index (χ0v) is 9.72. The Morgan fingerprint density at radius 2 is 1.78 bits per heavy atom. The molecule has 4 rings (SSSR count). The molecule has 0 saturated heterocycles. The Labute approximate surface area is 104 Å².